The third-order valence-electron chi connectivity index (χ3n) is 2.28. The van der Waals surface area contributed by atoms with Gasteiger partial charge in [0.15, 0.2) is 0 Å². The van der Waals surface area contributed by atoms with Gasteiger partial charge in [0.05, 0.1) is 0 Å². The molecule has 0 fully saturated rings. The molecule has 0 aliphatic carbocycles. The Kier molecular flexibility index (Phi) is 5.44. The number of allylic oxidation sites excluding steroid dienone is 4. The van der Waals surface area contributed by atoms with Crippen molar-refractivity contribution in [2.75, 3.05) is 0 Å². The summed E-state index contributed by atoms with van der Waals surface area (Å²) in [7, 11) is 0. The van der Waals surface area contributed by atoms with Crippen LogP contribution in [0.2, 0.25) is 0 Å². The fraction of sp³-hybridized carbons (Fsp3) is 0.125. The Bertz CT molecular complexity index is 482. The van der Waals surface area contributed by atoms with Crippen LogP contribution < -0.4 is 0 Å². The van der Waals surface area contributed by atoms with E-state index in [0.717, 1.165) is 0 Å². The SMILES string of the molecule is C=C/C=C\c1c(C=C)sc(/C=C\C)c1/C=C\C. The van der Waals surface area contributed by atoms with Gasteiger partial charge in [0.2, 0.25) is 0 Å². The molecule has 0 aliphatic rings. The van der Waals surface area contributed by atoms with Crippen LogP contribution >= 0.6 is 11.3 Å². The highest BCUT2D eigenvalue weighted by atomic mass is 32.1. The highest BCUT2D eigenvalue weighted by molar-refractivity contribution is 7.14. The molecule has 0 aromatic carbocycles. The van der Waals surface area contributed by atoms with E-state index < -0.39 is 0 Å². The molecule has 0 spiro atoms. The second-order valence-corrected chi connectivity index (χ2v) is 4.54. The second kappa shape index (κ2) is 6.87. The van der Waals surface area contributed by atoms with Crippen LogP contribution in [0.15, 0.2) is 37.5 Å². The van der Waals surface area contributed by atoms with Gasteiger partial charge in [-0.15, -0.1) is 11.3 Å². The largest absolute Gasteiger partial charge is 0.135 e. The smallest absolute Gasteiger partial charge is 0.0352 e. The van der Waals surface area contributed by atoms with Gasteiger partial charge in [-0.2, -0.15) is 0 Å². The van der Waals surface area contributed by atoms with Crippen molar-refractivity contribution < 1.29 is 0 Å². The monoisotopic (exact) mass is 242 g/mol. The standard InChI is InChI=1S/C16H18S/c1-5-9-12-14-13(10-6-2)16(11-7-3)17-15(14)8-4/h5-12H,1,4H2,2-3H3/b10-6-,11-7-,12-9-. The number of thiophene rings is 1. The first-order chi connectivity index (χ1) is 8.28. The minimum Gasteiger partial charge on any atom is -0.135 e. The van der Waals surface area contributed by atoms with Crippen molar-refractivity contribution in [1.29, 1.82) is 0 Å². The maximum Gasteiger partial charge on any atom is 0.0352 e. The second-order valence-electron chi connectivity index (χ2n) is 3.46. The van der Waals surface area contributed by atoms with Crippen molar-refractivity contribution >= 4 is 35.6 Å². The summed E-state index contributed by atoms with van der Waals surface area (Å²) in [6, 6.07) is 0. The van der Waals surface area contributed by atoms with Crippen LogP contribution in [0.25, 0.3) is 24.3 Å². The predicted molar refractivity (Wildman–Crippen MR) is 83.1 cm³/mol. The van der Waals surface area contributed by atoms with E-state index >= 15 is 0 Å². The van der Waals surface area contributed by atoms with Crippen LogP contribution in [0.3, 0.4) is 0 Å². The molecule has 17 heavy (non-hydrogen) atoms. The summed E-state index contributed by atoms with van der Waals surface area (Å²) in [5.74, 6) is 0. The lowest BCUT2D eigenvalue weighted by atomic mass is 10.1. The van der Waals surface area contributed by atoms with E-state index in [1.54, 1.807) is 17.4 Å². The molecule has 88 valence electrons. The van der Waals surface area contributed by atoms with E-state index in [1.165, 1.54) is 20.9 Å². The molecule has 0 amide bonds. The van der Waals surface area contributed by atoms with Gasteiger partial charge < -0.3 is 0 Å². The maximum absolute atomic E-state index is 3.88. The molecule has 0 atom stereocenters. The van der Waals surface area contributed by atoms with Gasteiger partial charge in [-0.05, 0) is 25.5 Å². The minimum atomic E-state index is 1.20. The molecule has 0 saturated carbocycles. The molecule has 0 N–H and O–H groups in total. The number of hydrogen-bond donors (Lipinski definition) is 0. The molecule has 1 heteroatoms. The fourth-order valence-electron chi connectivity index (χ4n) is 1.60. The van der Waals surface area contributed by atoms with Crippen molar-refractivity contribution in [3.05, 3.63) is 58.3 Å². The van der Waals surface area contributed by atoms with Gasteiger partial charge in [0, 0.05) is 15.3 Å². The maximum atomic E-state index is 3.88. The first-order valence-corrected chi connectivity index (χ1v) is 6.43. The van der Waals surface area contributed by atoms with E-state index in [2.05, 4.69) is 43.5 Å². The van der Waals surface area contributed by atoms with Crippen LogP contribution in [0.5, 0.6) is 0 Å². The number of hydrogen-bond acceptors (Lipinski definition) is 1. The average Bonchev–Trinajstić information content (AvgIpc) is 2.66. The molecular weight excluding hydrogens is 224 g/mol. The molecular formula is C16H18S. The van der Waals surface area contributed by atoms with E-state index in [4.69, 9.17) is 0 Å². The Morgan fingerprint density at radius 3 is 2.06 bits per heavy atom. The molecule has 1 aromatic heterocycles. The van der Waals surface area contributed by atoms with Gasteiger partial charge in [0.25, 0.3) is 0 Å². The Labute approximate surface area is 108 Å². The summed E-state index contributed by atoms with van der Waals surface area (Å²) in [6.45, 7) is 11.7. The lowest BCUT2D eigenvalue weighted by Gasteiger charge is -1.96. The van der Waals surface area contributed by atoms with Crippen LogP contribution in [-0.2, 0) is 0 Å². The summed E-state index contributed by atoms with van der Waals surface area (Å²) in [4.78, 5) is 2.47. The van der Waals surface area contributed by atoms with E-state index in [9.17, 15) is 0 Å². The van der Waals surface area contributed by atoms with Crippen molar-refractivity contribution in [2.45, 2.75) is 13.8 Å². The summed E-state index contributed by atoms with van der Waals surface area (Å²) in [6.07, 6.45) is 16.1. The zero-order valence-corrected chi connectivity index (χ0v) is 11.3. The van der Waals surface area contributed by atoms with Gasteiger partial charge in [0.1, 0.15) is 0 Å². The normalized spacial score (nSPS) is 11.9. The van der Waals surface area contributed by atoms with Crippen molar-refractivity contribution in [2.24, 2.45) is 0 Å². The van der Waals surface area contributed by atoms with Gasteiger partial charge >= 0.3 is 0 Å². The first kappa shape index (κ1) is 13.5. The molecule has 1 aromatic rings. The van der Waals surface area contributed by atoms with Crippen LogP contribution in [0.4, 0.5) is 0 Å². The Balaban J connectivity index is 3.45. The highest BCUT2D eigenvalue weighted by Gasteiger charge is 2.09. The summed E-state index contributed by atoms with van der Waals surface area (Å²) < 4.78 is 0. The third kappa shape index (κ3) is 3.18. The van der Waals surface area contributed by atoms with E-state index in [1.807, 2.05) is 26.0 Å². The molecule has 0 bridgehead atoms. The lowest BCUT2D eigenvalue weighted by Crippen LogP contribution is -1.78. The summed E-state index contributed by atoms with van der Waals surface area (Å²) in [5, 5.41) is 0. The molecule has 0 nitrogen and oxygen atoms in total. The summed E-state index contributed by atoms with van der Waals surface area (Å²) >= 11 is 1.76. The zero-order chi connectivity index (χ0) is 12.7. The molecule has 1 rings (SSSR count). The van der Waals surface area contributed by atoms with E-state index in [0.29, 0.717) is 0 Å². The van der Waals surface area contributed by atoms with Gasteiger partial charge in [-0.25, -0.2) is 0 Å². The molecule has 1 heterocycles. The van der Waals surface area contributed by atoms with Crippen LogP contribution in [-0.4, -0.2) is 0 Å². The number of rotatable bonds is 5. The molecule has 0 radical (unpaired) electrons. The van der Waals surface area contributed by atoms with Gasteiger partial charge in [-0.1, -0.05) is 55.7 Å². The lowest BCUT2D eigenvalue weighted by molar-refractivity contribution is 1.68. The highest BCUT2D eigenvalue weighted by Crippen LogP contribution is 2.33. The zero-order valence-electron chi connectivity index (χ0n) is 10.4. The van der Waals surface area contributed by atoms with Crippen molar-refractivity contribution in [3.8, 4) is 0 Å². The van der Waals surface area contributed by atoms with Crippen molar-refractivity contribution in [3.63, 3.8) is 0 Å². The molecule has 0 saturated heterocycles. The molecule has 0 unspecified atom stereocenters. The first-order valence-electron chi connectivity index (χ1n) is 5.62. The minimum absolute atomic E-state index is 1.20. The third-order valence-corrected chi connectivity index (χ3v) is 3.46. The van der Waals surface area contributed by atoms with Gasteiger partial charge in [-0.3, -0.25) is 0 Å². The Hall–Kier alpha value is -1.60. The average molecular weight is 242 g/mol. The van der Waals surface area contributed by atoms with Crippen LogP contribution in [0, 0.1) is 0 Å². The fourth-order valence-corrected chi connectivity index (χ4v) is 2.70. The summed E-state index contributed by atoms with van der Waals surface area (Å²) in [5.41, 5.74) is 2.47. The Morgan fingerprint density at radius 1 is 0.882 bits per heavy atom. The quantitative estimate of drug-likeness (QED) is 0.585. The van der Waals surface area contributed by atoms with Crippen molar-refractivity contribution in [1.82, 2.24) is 0 Å². The predicted octanol–water partition coefficient (Wildman–Crippen LogP) is 5.66. The van der Waals surface area contributed by atoms with Crippen LogP contribution in [0.1, 0.15) is 34.7 Å². The van der Waals surface area contributed by atoms with E-state index in [-0.39, 0.29) is 0 Å². The molecule has 0 aliphatic heterocycles. The Morgan fingerprint density at radius 2 is 1.53 bits per heavy atom. The topological polar surface area (TPSA) is 0 Å².